The molecule has 1 aromatic rings. The van der Waals surface area contributed by atoms with Gasteiger partial charge in [-0.15, -0.1) is 0 Å². The summed E-state index contributed by atoms with van der Waals surface area (Å²) in [6.45, 7) is 6.83. The van der Waals surface area contributed by atoms with Crippen LogP contribution in [0.1, 0.15) is 32.4 Å². The third-order valence-electron chi connectivity index (χ3n) is 2.81. The Kier molecular flexibility index (Phi) is 6.19. The van der Waals surface area contributed by atoms with Gasteiger partial charge in [-0.05, 0) is 31.9 Å². The number of aryl methyl sites for hydroxylation is 1. The van der Waals surface area contributed by atoms with Crippen LogP contribution >= 0.6 is 0 Å². The molecule has 1 unspecified atom stereocenters. The first kappa shape index (κ1) is 13.3. The van der Waals surface area contributed by atoms with Crippen LogP contribution in [0.3, 0.4) is 0 Å². The third kappa shape index (κ3) is 4.37. The fraction of sp³-hybridized carbons (Fsp3) is 0.692. The van der Waals surface area contributed by atoms with Gasteiger partial charge in [0.1, 0.15) is 0 Å². The largest absolute Gasteiger partial charge is 0.382 e. The molecule has 1 atom stereocenters. The Morgan fingerprint density at radius 1 is 1.44 bits per heavy atom. The lowest BCUT2D eigenvalue weighted by atomic mass is 10.1. The summed E-state index contributed by atoms with van der Waals surface area (Å²) in [6, 6.07) is 4.54. The van der Waals surface area contributed by atoms with E-state index in [4.69, 9.17) is 10.5 Å². The van der Waals surface area contributed by atoms with Crippen LogP contribution < -0.4 is 5.73 Å². The molecule has 0 saturated heterocycles. The Labute approximate surface area is 98.6 Å². The van der Waals surface area contributed by atoms with Crippen molar-refractivity contribution in [2.45, 2.75) is 45.7 Å². The summed E-state index contributed by atoms with van der Waals surface area (Å²) in [6.07, 6.45) is 5.20. The maximum Gasteiger partial charge on any atom is 0.0482 e. The van der Waals surface area contributed by atoms with Crippen molar-refractivity contribution in [2.75, 3.05) is 13.2 Å². The van der Waals surface area contributed by atoms with Gasteiger partial charge in [0, 0.05) is 44.1 Å². The van der Waals surface area contributed by atoms with Crippen molar-refractivity contribution < 1.29 is 4.74 Å². The van der Waals surface area contributed by atoms with Crippen molar-refractivity contribution >= 4 is 0 Å². The number of hydrogen-bond acceptors (Lipinski definition) is 2. The quantitative estimate of drug-likeness (QED) is 0.688. The summed E-state index contributed by atoms with van der Waals surface area (Å²) in [4.78, 5) is 0. The second-order valence-corrected chi connectivity index (χ2v) is 4.12. The van der Waals surface area contributed by atoms with Gasteiger partial charge in [-0.25, -0.2) is 0 Å². The van der Waals surface area contributed by atoms with Crippen LogP contribution in [0.5, 0.6) is 0 Å². The van der Waals surface area contributed by atoms with E-state index in [1.165, 1.54) is 5.69 Å². The molecule has 2 N–H and O–H groups in total. The average Bonchev–Trinajstić information content (AvgIpc) is 2.72. The van der Waals surface area contributed by atoms with Gasteiger partial charge in [-0.2, -0.15) is 0 Å². The lowest BCUT2D eigenvalue weighted by Crippen LogP contribution is -2.23. The molecule has 0 fully saturated rings. The maximum atomic E-state index is 5.97. The first-order chi connectivity index (χ1) is 7.77. The summed E-state index contributed by atoms with van der Waals surface area (Å²) in [7, 11) is 0. The monoisotopic (exact) mass is 224 g/mol. The van der Waals surface area contributed by atoms with E-state index in [-0.39, 0.29) is 6.04 Å². The minimum absolute atomic E-state index is 0.278. The number of rotatable bonds is 8. The number of aromatic nitrogens is 1. The van der Waals surface area contributed by atoms with Crippen LogP contribution in [0.25, 0.3) is 0 Å². The topological polar surface area (TPSA) is 40.2 Å². The summed E-state index contributed by atoms with van der Waals surface area (Å²) < 4.78 is 7.62. The van der Waals surface area contributed by atoms with E-state index in [0.29, 0.717) is 0 Å². The van der Waals surface area contributed by atoms with E-state index < -0.39 is 0 Å². The lowest BCUT2D eigenvalue weighted by molar-refractivity contribution is 0.141. The smallest absolute Gasteiger partial charge is 0.0482 e. The molecule has 0 aromatic carbocycles. The van der Waals surface area contributed by atoms with Gasteiger partial charge in [0.15, 0.2) is 0 Å². The van der Waals surface area contributed by atoms with E-state index >= 15 is 0 Å². The van der Waals surface area contributed by atoms with Gasteiger partial charge in [-0.3, -0.25) is 0 Å². The fourth-order valence-corrected chi connectivity index (χ4v) is 1.75. The van der Waals surface area contributed by atoms with Gasteiger partial charge < -0.3 is 15.0 Å². The second-order valence-electron chi connectivity index (χ2n) is 4.12. The number of nitrogens with zero attached hydrogens (tertiary/aromatic N) is 1. The SMILES string of the molecule is CCOCCCn1cccc1CC(N)CC. The Hall–Kier alpha value is -0.800. The molecule has 1 rings (SSSR count). The summed E-state index contributed by atoms with van der Waals surface area (Å²) in [5.74, 6) is 0. The molecule has 0 aliphatic rings. The Morgan fingerprint density at radius 2 is 2.25 bits per heavy atom. The lowest BCUT2D eigenvalue weighted by Gasteiger charge is -2.12. The molecule has 3 heteroatoms. The van der Waals surface area contributed by atoms with Crippen molar-refractivity contribution in [2.24, 2.45) is 5.73 Å². The zero-order valence-corrected chi connectivity index (χ0v) is 10.5. The molecule has 0 aliphatic heterocycles. The van der Waals surface area contributed by atoms with E-state index in [9.17, 15) is 0 Å². The molecule has 0 saturated carbocycles. The van der Waals surface area contributed by atoms with Gasteiger partial charge in [0.25, 0.3) is 0 Å². The molecular formula is C13H24N2O. The first-order valence-electron chi connectivity index (χ1n) is 6.25. The molecule has 16 heavy (non-hydrogen) atoms. The standard InChI is InChI=1S/C13H24N2O/c1-3-12(14)11-13-7-5-8-15(13)9-6-10-16-4-2/h5,7-8,12H,3-4,6,9-11,14H2,1-2H3. The van der Waals surface area contributed by atoms with Crippen LogP contribution in [-0.4, -0.2) is 23.8 Å². The summed E-state index contributed by atoms with van der Waals surface area (Å²) in [5, 5.41) is 0. The molecule has 1 heterocycles. The van der Waals surface area contributed by atoms with E-state index in [1.54, 1.807) is 0 Å². The number of hydrogen-bond donors (Lipinski definition) is 1. The Morgan fingerprint density at radius 3 is 2.94 bits per heavy atom. The van der Waals surface area contributed by atoms with E-state index in [1.807, 2.05) is 6.92 Å². The van der Waals surface area contributed by atoms with Crippen molar-refractivity contribution in [1.82, 2.24) is 4.57 Å². The zero-order valence-electron chi connectivity index (χ0n) is 10.5. The van der Waals surface area contributed by atoms with Crippen LogP contribution in [0.2, 0.25) is 0 Å². The van der Waals surface area contributed by atoms with Crippen LogP contribution in [0.15, 0.2) is 18.3 Å². The minimum Gasteiger partial charge on any atom is -0.382 e. The average molecular weight is 224 g/mol. The predicted molar refractivity (Wildman–Crippen MR) is 67.5 cm³/mol. The molecule has 92 valence electrons. The molecular weight excluding hydrogens is 200 g/mol. The highest BCUT2D eigenvalue weighted by molar-refractivity contribution is 5.08. The number of nitrogens with two attached hydrogens (primary N) is 1. The summed E-state index contributed by atoms with van der Waals surface area (Å²) >= 11 is 0. The highest BCUT2D eigenvalue weighted by Crippen LogP contribution is 2.07. The summed E-state index contributed by atoms with van der Waals surface area (Å²) in [5.41, 5.74) is 7.31. The molecule has 0 spiro atoms. The van der Waals surface area contributed by atoms with E-state index in [0.717, 1.165) is 39.0 Å². The molecule has 0 radical (unpaired) electrons. The van der Waals surface area contributed by atoms with Crippen molar-refractivity contribution in [3.8, 4) is 0 Å². The highest BCUT2D eigenvalue weighted by atomic mass is 16.5. The van der Waals surface area contributed by atoms with Gasteiger partial charge >= 0.3 is 0 Å². The fourth-order valence-electron chi connectivity index (χ4n) is 1.75. The third-order valence-corrected chi connectivity index (χ3v) is 2.81. The van der Waals surface area contributed by atoms with Crippen LogP contribution in [-0.2, 0) is 17.7 Å². The second kappa shape index (κ2) is 7.47. The van der Waals surface area contributed by atoms with Crippen molar-refractivity contribution in [3.63, 3.8) is 0 Å². The molecule has 0 aliphatic carbocycles. The van der Waals surface area contributed by atoms with Gasteiger partial charge in [0.2, 0.25) is 0 Å². The number of ether oxygens (including phenoxy) is 1. The predicted octanol–water partition coefficient (Wildman–Crippen LogP) is 2.19. The van der Waals surface area contributed by atoms with Crippen molar-refractivity contribution in [1.29, 1.82) is 0 Å². The molecule has 1 aromatic heterocycles. The van der Waals surface area contributed by atoms with Crippen LogP contribution in [0, 0.1) is 0 Å². The van der Waals surface area contributed by atoms with E-state index in [2.05, 4.69) is 29.8 Å². The zero-order chi connectivity index (χ0) is 11.8. The Balaban J connectivity index is 2.38. The molecule has 3 nitrogen and oxygen atoms in total. The Bertz CT molecular complexity index is 283. The van der Waals surface area contributed by atoms with Crippen molar-refractivity contribution in [3.05, 3.63) is 24.0 Å². The first-order valence-corrected chi connectivity index (χ1v) is 6.25. The molecule has 0 bridgehead atoms. The van der Waals surface area contributed by atoms with Gasteiger partial charge in [0.05, 0.1) is 0 Å². The maximum absolute atomic E-state index is 5.97. The van der Waals surface area contributed by atoms with Gasteiger partial charge in [-0.1, -0.05) is 6.92 Å². The van der Waals surface area contributed by atoms with Crippen LogP contribution in [0.4, 0.5) is 0 Å². The molecule has 0 amide bonds. The highest BCUT2D eigenvalue weighted by Gasteiger charge is 2.05. The minimum atomic E-state index is 0.278. The normalized spacial score (nSPS) is 12.9.